The van der Waals surface area contributed by atoms with E-state index in [0.717, 1.165) is 35.2 Å². The fourth-order valence-corrected chi connectivity index (χ4v) is 4.29. The highest BCUT2D eigenvalue weighted by Crippen LogP contribution is 2.38. The van der Waals surface area contributed by atoms with Crippen LogP contribution in [0, 0.1) is 6.92 Å². The van der Waals surface area contributed by atoms with Crippen LogP contribution in [0.15, 0.2) is 43.0 Å². The Bertz CT molecular complexity index is 981. The van der Waals surface area contributed by atoms with Crippen LogP contribution in [0.4, 0.5) is 10.5 Å². The van der Waals surface area contributed by atoms with Crippen molar-refractivity contribution in [2.24, 2.45) is 0 Å². The lowest BCUT2D eigenvalue weighted by atomic mass is 9.80. The normalized spacial score (nSPS) is 21.5. The quantitative estimate of drug-likeness (QED) is 0.765. The summed E-state index contributed by atoms with van der Waals surface area (Å²) < 4.78 is 1.90. The lowest BCUT2D eigenvalue weighted by Gasteiger charge is -2.52. The van der Waals surface area contributed by atoms with Gasteiger partial charge in [0.15, 0.2) is 0 Å². The van der Waals surface area contributed by atoms with E-state index in [1.165, 1.54) is 12.8 Å². The molecule has 1 N–H and O–H groups in total. The molecular weight excluding hydrogens is 326 g/mol. The predicted molar refractivity (Wildman–Crippen MR) is 100 cm³/mol. The van der Waals surface area contributed by atoms with Crippen molar-refractivity contribution in [3.05, 3.63) is 48.5 Å². The van der Waals surface area contributed by atoms with E-state index >= 15 is 0 Å². The van der Waals surface area contributed by atoms with Crippen molar-refractivity contribution in [1.29, 1.82) is 0 Å². The van der Waals surface area contributed by atoms with Gasteiger partial charge in [0.25, 0.3) is 0 Å². The Balaban J connectivity index is 1.42. The highest BCUT2D eigenvalue weighted by atomic mass is 16.2. The Morgan fingerprint density at radius 1 is 1.23 bits per heavy atom. The lowest BCUT2D eigenvalue weighted by molar-refractivity contribution is 0.0173. The first-order valence-electron chi connectivity index (χ1n) is 9.18. The molecule has 6 heteroatoms. The van der Waals surface area contributed by atoms with E-state index < -0.39 is 0 Å². The largest absolute Gasteiger partial charge is 0.322 e. The van der Waals surface area contributed by atoms with Gasteiger partial charge < -0.3 is 10.2 Å². The number of carbonyl (C=O) groups is 1. The van der Waals surface area contributed by atoms with Crippen molar-refractivity contribution in [3.8, 4) is 11.1 Å². The number of rotatable bonds is 2. The molecule has 3 aromatic rings. The smallest absolute Gasteiger partial charge is 0.318 e. The van der Waals surface area contributed by atoms with Crippen LogP contribution in [-0.2, 0) is 0 Å². The first-order valence-corrected chi connectivity index (χ1v) is 9.18. The third kappa shape index (κ3) is 2.44. The number of anilines is 1. The molecule has 6 nitrogen and oxygen atoms in total. The maximum atomic E-state index is 12.7. The van der Waals surface area contributed by atoms with E-state index in [0.29, 0.717) is 17.9 Å². The van der Waals surface area contributed by atoms with Gasteiger partial charge in [0.2, 0.25) is 5.78 Å². The third-order valence-electron chi connectivity index (χ3n) is 5.69. The van der Waals surface area contributed by atoms with Gasteiger partial charge in [0.1, 0.15) is 0 Å². The summed E-state index contributed by atoms with van der Waals surface area (Å²) in [5.41, 5.74) is 4.04. The molecule has 2 fully saturated rings. The number of nitrogens with zero attached hydrogens (tertiary/aromatic N) is 4. The second-order valence-corrected chi connectivity index (χ2v) is 7.32. The molecule has 0 aliphatic carbocycles. The summed E-state index contributed by atoms with van der Waals surface area (Å²) in [6, 6.07) is 6.94. The van der Waals surface area contributed by atoms with Gasteiger partial charge in [-0.25, -0.2) is 14.8 Å². The van der Waals surface area contributed by atoms with E-state index in [-0.39, 0.29) is 6.03 Å². The first kappa shape index (κ1) is 15.4. The number of aryl methyl sites for hydroxylation is 1. The van der Waals surface area contributed by atoms with Gasteiger partial charge in [-0.15, -0.1) is 0 Å². The van der Waals surface area contributed by atoms with E-state index in [1.54, 1.807) is 6.20 Å². The second kappa shape index (κ2) is 5.83. The van der Waals surface area contributed by atoms with E-state index in [4.69, 9.17) is 0 Å². The Kier molecular flexibility index (Phi) is 3.45. The minimum atomic E-state index is 0.0314. The van der Waals surface area contributed by atoms with Crippen molar-refractivity contribution in [2.45, 2.75) is 44.7 Å². The number of fused-ring (bicyclic) bond motifs is 3. The number of carbonyl (C=O) groups excluding carboxylic acids is 1. The second-order valence-electron chi connectivity index (χ2n) is 7.32. The molecule has 2 unspecified atom stereocenters. The van der Waals surface area contributed by atoms with E-state index in [2.05, 4.69) is 22.2 Å². The van der Waals surface area contributed by atoms with Gasteiger partial charge in [-0.1, -0.05) is 6.07 Å². The molecule has 2 atom stereocenters. The molecule has 2 aliphatic rings. The molecule has 2 aliphatic heterocycles. The molecule has 26 heavy (non-hydrogen) atoms. The molecule has 0 spiro atoms. The minimum absolute atomic E-state index is 0.0314. The molecule has 132 valence electrons. The Hall–Kier alpha value is -2.89. The molecule has 4 heterocycles. The fraction of sp³-hybridized carbons (Fsp3) is 0.350. The number of amides is 2. The van der Waals surface area contributed by atoms with Crippen LogP contribution in [0.5, 0.6) is 0 Å². The zero-order valence-corrected chi connectivity index (χ0v) is 14.7. The van der Waals surface area contributed by atoms with Crippen LogP contribution in [0.1, 0.15) is 31.2 Å². The van der Waals surface area contributed by atoms with E-state index in [9.17, 15) is 4.79 Å². The van der Waals surface area contributed by atoms with Gasteiger partial charge in [0, 0.05) is 48.1 Å². The maximum Gasteiger partial charge on any atom is 0.322 e. The topological polar surface area (TPSA) is 62.5 Å². The number of aromatic nitrogens is 3. The van der Waals surface area contributed by atoms with Crippen LogP contribution < -0.4 is 5.32 Å². The molecule has 0 radical (unpaired) electrons. The van der Waals surface area contributed by atoms with Crippen LogP contribution in [0.25, 0.3) is 16.9 Å². The van der Waals surface area contributed by atoms with Crippen molar-refractivity contribution in [1.82, 2.24) is 19.3 Å². The molecule has 5 rings (SSSR count). The molecule has 2 aromatic heterocycles. The summed E-state index contributed by atoms with van der Waals surface area (Å²) >= 11 is 0. The Morgan fingerprint density at radius 3 is 2.88 bits per heavy atom. The number of nitrogens with one attached hydrogen (secondary N) is 1. The monoisotopic (exact) mass is 347 g/mol. The number of urea groups is 1. The number of hydrogen-bond acceptors (Lipinski definition) is 3. The van der Waals surface area contributed by atoms with Gasteiger partial charge in [0.05, 0.1) is 0 Å². The summed E-state index contributed by atoms with van der Waals surface area (Å²) in [6.07, 6.45) is 12.2. The van der Waals surface area contributed by atoms with Crippen LogP contribution >= 0.6 is 0 Å². The van der Waals surface area contributed by atoms with Crippen LogP contribution in [0.3, 0.4) is 0 Å². The van der Waals surface area contributed by atoms with Crippen LogP contribution in [-0.4, -0.2) is 37.4 Å². The summed E-state index contributed by atoms with van der Waals surface area (Å²) in [5.74, 6) is 0.681. The highest BCUT2D eigenvalue weighted by molar-refractivity contribution is 5.91. The number of hydrogen-bond donors (Lipinski definition) is 1. The average molecular weight is 347 g/mol. The Labute approximate surface area is 151 Å². The van der Waals surface area contributed by atoms with Crippen molar-refractivity contribution in [2.75, 3.05) is 5.32 Å². The minimum Gasteiger partial charge on any atom is -0.318 e. The number of imidazole rings is 1. The molecular formula is C20H21N5O. The van der Waals surface area contributed by atoms with Crippen LogP contribution in [0.2, 0.25) is 0 Å². The molecule has 0 saturated carbocycles. The van der Waals surface area contributed by atoms with Gasteiger partial charge >= 0.3 is 6.03 Å². The number of benzene rings is 1. The van der Waals surface area contributed by atoms with E-state index in [1.807, 2.05) is 46.1 Å². The van der Waals surface area contributed by atoms with Crippen molar-refractivity contribution in [3.63, 3.8) is 0 Å². The standard InChI is InChI=1S/C20H21N5O/c1-13-5-6-15(23-20(26)25-16-3-2-4-17(25)10-16)9-18(13)14-11-22-19-21-7-8-24(19)12-14/h5-9,11-12,16-17H,2-4,10H2,1H3,(H,23,26). The fourth-order valence-electron chi connectivity index (χ4n) is 4.29. The molecule has 2 bridgehead atoms. The lowest BCUT2D eigenvalue weighted by Crippen LogP contribution is -2.62. The summed E-state index contributed by atoms with van der Waals surface area (Å²) in [5, 5.41) is 3.09. The first-order chi connectivity index (χ1) is 12.7. The van der Waals surface area contributed by atoms with Crippen molar-refractivity contribution >= 4 is 17.5 Å². The SMILES string of the molecule is Cc1ccc(NC(=O)N2C3CCCC2C3)cc1-c1cnc2nccn2c1. The Morgan fingerprint density at radius 2 is 2.08 bits per heavy atom. The zero-order chi connectivity index (χ0) is 17.7. The molecule has 1 aromatic carbocycles. The maximum absolute atomic E-state index is 12.7. The predicted octanol–water partition coefficient (Wildman–Crippen LogP) is 3.86. The zero-order valence-electron chi connectivity index (χ0n) is 14.7. The summed E-state index contributed by atoms with van der Waals surface area (Å²) in [7, 11) is 0. The van der Waals surface area contributed by atoms with Crippen molar-refractivity contribution < 1.29 is 4.79 Å². The average Bonchev–Trinajstić information content (AvgIpc) is 3.11. The highest BCUT2D eigenvalue weighted by Gasteiger charge is 2.44. The van der Waals surface area contributed by atoms with Gasteiger partial charge in [-0.05, 0) is 55.9 Å². The van der Waals surface area contributed by atoms with Gasteiger partial charge in [-0.2, -0.15) is 0 Å². The molecule has 2 amide bonds. The summed E-state index contributed by atoms with van der Waals surface area (Å²) in [4.78, 5) is 23.3. The third-order valence-corrected chi connectivity index (χ3v) is 5.69. The number of piperidine rings is 1. The van der Waals surface area contributed by atoms with Gasteiger partial charge in [-0.3, -0.25) is 4.40 Å². The molecule has 2 saturated heterocycles. The summed E-state index contributed by atoms with van der Waals surface area (Å²) in [6.45, 7) is 2.07.